The summed E-state index contributed by atoms with van der Waals surface area (Å²) in [5.74, 6) is 0.332. The smallest absolute Gasteiger partial charge is 0.223 e. The number of nitrogens with one attached hydrogen (secondary N) is 1. The van der Waals surface area contributed by atoms with Gasteiger partial charge in [0.2, 0.25) is 5.91 Å². The van der Waals surface area contributed by atoms with Crippen LogP contribution in [0.3, 0.4) is 0 Å². The molecule has 1 aromatic carbocycles. The molecule has 2 heteroatoms. The van der Waals surface area contributed by atoms with E-state index >= 15 is 0 Å². The normalized spacial score (nSPS) is 27.3. The van der Waals surface area contributed by atoms with Gasteiger partial charge in [0.15, 0.2) is 0 Å². The van der Waals surface area contributed by atoms with Crippen LogP contribution in [0.4, 0.5) is 0 Å². The monoisotopic (exact) mass is 175 g/mol. The molecule has 0 saturated carbocycles. The first-order valence-electron chi connectivity index (χ1n) is 4.62. The third-order valence-electron chi connectivity index (χ3n) is 2.56. The largest absolute Gasteiger partial charge is 0.349 e. The van der Waals surface area contributed by atoms with Gasteiger partial charge in [-0.15, -0.1) is 0 Å². The summed E-state index contributed by atoms with van der Waals surface area (Å²) in [5.41, 5.74) is 1.21. The Morgan fingerprint density at radius 1 is 1.31 bits per heavy atom. The van der Waals surface area contributed by atoms with Crippen molar-refractivity contribution in [2.24, 2.45) is 5.92 Å². The molecule has 13 heavy (non-hydrogen) atoms. The van der Waals surface area contributed by atoms with Crippen LogP contribution in [0.25, 0.3) is 0 Å². The molecule has 1 aliphatic heterocycles. The van der Waals surface area contributed by atoms with Gasteiger partial charge in [-0.3, -0.25) is 4.79 Å². The van der Waals surface area contributed by atoms with Crippen LogP contribution in [-0.4, -0.2) is 5.91 Å². The first-order valence-corrected chi connectivity index (χ1v) is 4.62. The standard InChI is InChI=1S/C11H13NO/c1-8-7-10(12-11(8)13)9-5-3-2-4-6-9/h2-6,8,10H,7H2,1H3,(H,12,13)/t8-,10-/m1/s1. The summed E-state index contributed by atoms with van der Waals surface area (Å²) < 4.78 is 0. The maximum absolute atomic E-state index is 11.2. The number of carbonyl (C=O) groups is 1. The molecule has 68 valence electrons. The van der Waals surface area contributed by atoms with Gasteiger partial charge in [-0.05, 0) is 12.0 Å². The zero-order valence-electron chi connectivity index (χ0n) is 7.66. The molecule has 0 radical (unpaired) electrons. The van der Waals surface area contributed by atoms with Gasteiger partial charge < -0.3 is 5.32 Å². The Hall–Kier alpha value is -1.31. The average Bonchev–Trinajstić information content (AvgIpc) is 2.49. The Kier molecular flexibility index (Phi) is 2.05. The van der Waals surface area contributed by atoms with Gasteiger partial charge in [0.1, 0.15) is 0 Å². The minimum Gasteiger partial charge on any atom is -0.349 e. The average molecular weight is 175 g/mol. The highest BCUT2D eigenvalue weighted by Crippen LogP contribution is 2.26. The van der Waals surface area contributed by atoms with Crippen LogP contribution in [0.1, 0.15) is 24.9 Å². The summed E-state index contributed by atoms with van der Waals surface area (Å²) in [4.78, 5) is 11.2. The highest BCUT2D eigenvalue weighted by Gasteiger charge is 2.28. The van der Waals surface area contributed by atoms with E-state index in [2.05, 4.69) is 17.4 Å². The Morgan fingerprint density at radius 3 is 2.54 bits per heavy atom. The topological polar surface area (TPSA) is 29.1 Å². The number of hydrogen-bond acceptors (Lipinski definition) is 1. The molecule has 1 saturated heterocycles. The van der Waals surface area contributed by atoms with E-state index in [0.717, 1.165) is 6.42 Å². The number of carbonyl (C=O) groups excluding carboxylic acids is 1. The Morgan fingerprint density at radius 2 is 2.00 bits per heavy atom. The number of benzene rings is 1. The fraction of sp³-hybridized carbons (Fsp3) is 0.364. The summed E-state index contributed by atoms with van der Waals surface area (Å²) >= 11 is 0. The molecule has 0 aromatic heterocycles. The molecular weight excluding hydrogens is 162 g/mol. The summed E-state index contributed by atoms with van der Waals surface area (Å²) in [7, 11) is 0. The van der Waals surface area contributed by atoms with Crippen LogP contribution in [0, 0.1) is 5.92 Å². The molecule has 0 aliphatic carbocycles. The SMILES string of the molecule is C[C@@H]1C[C@H](c2ccccc2)NC1=O. The lowest BCUT2D eigenvalue weighted by atomic mass is 10.0. The number of amides is 1. The van der Waals surface area contributed by atoms with E-state index in [1.807, 2.05) is 25.1 Å². The van der Waals surface area contributed by atoms with Crippen molar-refractivity contribution in [1.29, 1.82) is 0 Å². The molecule has 1 heterocycles. The maximum Gasteiger partial charge on any atom is 0.223 e. The molecule has 2 atom stereocenters. The third kappa shape index (κ3) is 1.57. The van der Waals surface area contributed by atoms with Gasteiger partial charge in [0.25, 0.3) is 0 Å². The van der Waals surface area contributed by atoms with E-state index < -0.39 is 0 Å². The summed E-state index contributed by atoms with van der Waals surface area (Å²) in [5, 5.41) is 2.98. The van der Waals surface area contributed by atoms with E-state index in [-0.39, 0.29) is 17.9 Å². The van der Waals surface area contributed by atoms with Gasteiger partial charge in [-0.1, -0.05) is 37.3 Å². The van der Waals surface area contributed by atoms with Crippen molar-refractivity contribution in [3.8, 4) is 0 Å². The Balaban J connectivity index is 2.17. The van der Waals surface area contributed by atoms with Gasteiger partial charge in [0.05, 0.1) is 6.04 Å². The molecule has 1 N–H and O–H groups in total. The van der Waals surface area contributed by atoms with E-state index in [1.165, 1.54) is 5.56 Å². The molecule has 1 fully saturated rings. The Labute approximate surface area is 78.0 Å². The summed E-state index contributed by atoms with van der Waals surface area (Å²) in [6.45, 7) is 1.97. The lowest BCUT2D eigenvalue weighted by Gasteiger charge is -2.08. The predicted octanol–water partition coefficient (Wildman–Crippen LogP) is 1.88. The molecule has 2 rings (SSSR count). The number of rotatable bonds is 1. The van der Waals surface area contributed by atoms with Crippen molar-refractivity contribution in [2.45, 2.75) is 19.4 Å². The minimum absolute atomic E-state index is 0.158. The van der Waals surface area contributed by atoms with Crippen molar-refractivity contribution < 1.29 is 4.79 Å². The molecule has 0 spiro atoms. The molecule has 0 unspecified atom stereocenters. The van der Waals surface area contributed by atoms with Gasteiger partial charge in [0, 0.05) is 5.92 Å². The van der Waals surface area contributed by atoms with Crippen LogP contribution >= 0.6 is 0 Å². The highest BCUT2D eigenvalue weighted by molar-refractivity contribution is 5.81. The molecule has 0 bridgehead atoms. The van der Waals surface area contributed by atoms with Crippen LogP contribution in [0.5, 0.6) is 0 Å². The van der Waals surface area contributed by atoms with E-state index in [4.69, 9.17) is 0 Å². The van der Waals surface area contributed by atoms with Crippen molar-refractivity contribution in [2.75, 3.05) is 0 Å². The Bertz CT molecular complexity index is 307. The third-order valence-corrected chi connectivity index (χ3v) is 2.56. The maximum atomic E-state index is 11.2. The molecular formula is C11H13NO. The van der Waals surface area contributed by atoms with E-state index in [9.17, 15) is 4.79 Å². The second-order valence-electron chi connectivity index (χ2n) is 3.61. The van der Waals surface area contributed by atoms with E-state index in [1.54, 1.807) is 0 Å². The van der Waals surface area contributed by atoms with Crippen LogP contribution in [0.2, 0.25) is 0 Å². The van der Waals surface area contributed by atoms with Crippen molar-refractivity contribution in [1.82, 2.24) is 5.32 Å². The fourth-order valence-corrected chi connectivity index (χ4v) is 1.74. The fourth-order valence-electron chi connectivity index (χ4n) is 1.74. The van der Waals surface area contributed by atoms with Crippen LogP contribution in [0.15, 0.2) is 30.3 Å². The van der Waals surface area contributed by atoms with E-state index in [0.29, 0.717) is 0 Å². The van der Waals surface area contributed by atoms with Crippen LogP contribution in [-0.2, 0) is 4.79 Å². The number of hydrogen-bond donors (Lipinski definition) is 1. The first kappa shape index (κ1) is 8.30. The second-order valence-corrected chi connectivity index (χ2v) is 3.61. The lowest BCUT2D eigenvalue weighted by molar-refractivity contribution is -0.122. The van der Waals surface area contributed by atoms with Crippen molar-refractivity contribution in [3.63, 3.8) is 0 Å². The predicted molar refractivity (Wildman–Crippen MR) is 51.1 cm³/mol. The highest BCUT2D eigenvalue weighted by atomic mass is 16.2. The molecule has 2 nitrogen and oxygen atoms in total. The second kappa shape index (κ2) is 3.21. The van der Waals surface area contributed by atoms with Crippen molar-refractivity contribution >= 4 is 5.91 Å². The zero-order chi connectivity index (χ0) is 9.26. The van der Waals surface area contributed by atoms with Gasteiger partial charge in [-0.2, -0.15) is 0 Å². The minimum atomic E-state index is 0.158. The van der Waals surface area contributed by atoms with Gasteiger partial charge in [-0.25, -0.2) is 0 Å². The van der Waals surface area contributed by atoms with Crippen molar-refractivity contribution in [3.05, 3.63) is 35.9 Å². The summed E-state index contributed by atoms with van der Waals surface area (Å²) in [6, 6.07) is 10.3. The quantitative estimate of drug-likeness (QED) is 0.693. The first-order chi connectivity index (χ1) is 6.27. The molecule has 1 amide bonds. The van der Waals surface area contributed by atoms with Gasteiger partial charge >= 0.3 is 0 Å². The summed E-state index contributed by atoms with van der Waals surface area (Å²) in [6.07, 6.45) is 0.919. The zero-order valence-corrected chi connectivity index (χ0v) is 7.66. The molecule has 1 aliphatic rings. The lowest BCUT2D eigenvalue weighted by Crippen LogP contribution is -2.20. The molecule has 1 aromatic rings. The van der Waals surface area contributed by atoms with Crippen LogP contribution < -0.4 is 5.32 Å².